The molecule has 3 rings (SSSR count). The number of halogens is 2. The number of aromatic nitrogens is 4. The molecule has 0 bridgehead atoms. The Morgan fingerprint density at radius 1 is 1.12 bits per heavy atom. The van der Waals surface area contributed by atoms with Gasteiger partial charge in [-0.1, -0.05) is 41.0 Å². The summed E-state index contributed by atoms with van der Waals surface area (Å²) in [6, 6.07) is 14.2. The van der Waals surface area contributed by atoms with Crippen LogP contribution in [0.2, 0.25) is 10.0 Å². The first kappa shape index (κ1) is 17.7. The summed E-state index contributed by atoms with van der Waals surface area (Å²) in [6.07, 6.45) is 0.324. The fourth-order valence-corrected chi connectivity index (χ4v) is 3.18. The van der Waals surface area contributed by atoms with Crippen LogP contribution >= 0.6 is 35.0 Å². The second-order valence-electron chi connectivity index (χ2n) is 5.01. The Morgan fingerprint density at radius 2 is 1.92 bits per heavy atom. The van der Waals surface area contributed by atoms with Crippen molar-refractivity contribution in [1.82, 2.24) is 20.2 Å². The van der Waals surface area contributed by atoms with Crippen molar-refractivity contribution in [2.75, 3.05) is 11.1 Å². The molecule has 6 nitrogen and oxygen atoms in total. The number of nitrogens with zero attached hydrogens (tertiary/aromatic N) is 4. The zero-order chi connectivity index (χ0) is 17.6. The van der Waals surface area contributed by atoms with E-state index in [-0.39, 0.29) is 5.91 Å². The van der Waals surface area contributed by atoms with Gasteiger partial charge >= 0.3 is 0 Å². The van der Waals surface area contributed by atoms with E-state index >= 15 is 0 Å². The molecular weight excluding hydrogens is 381 g/mol. The Balaban J connectivity index is 1.55. The molecule has 1 aromatic heterocycles. The Bertz CT molecular complexity index is 869. The van der Waals surface area contributed by atoms with Crippen LogP contribution in [-0.4, -0.2) is 31.9 Å². The minimum absolute atomic E-state index is 0.0970. The normalized spacial score (nSPS) is 10.6. The molecule has 0 aliphatic carbocycles. The number of nitrogens with one attached hydrogen (secondary N) is 1. The van der Waals surface area contributed by atoms with Crippen molar-refractivity contribution in [3.63, 3.8) is 0 Å². The second-order valence-corrected chi connectivity index (χ2v) is 6.94. The summed E-state index contributed by atoms with van der Waals surface area (Å²) in [6.45, 7) is 0. The molecule has 0 aliphatic rings. The molecule has 0 unspecified atom stereocenters. The van der Waals surface area contributed by atoms with Crippen molar-refractivity contribution in [2.24, 2.45) is 0 Å². The minimum Gasteiger partial charge on any atom is -0.326 e. The summed E-state index contributed by atoms with van der Waals surface area (Å²) in [7, 11) is 0. The molecule has 0 radical (unpaired) electrons. The highest BCUT2D eigenvalue weighted by atomic mass is 35.5. The molecule has 2 aromatic carbocycles. The van der Waals surface area contributed by atoms with E-state index in [2.05, 4.69) is 20.8 Å². The average Bonchev–Trinajstić information content (AvgIpc) is 3.04. The van der Waals surface area contributed by atoms with Gasteiger partial charge in [0.1, 0.15) is 0 Å². The molecule has 0 aliphatic heterocycles. The van der Waals surface area contributed by atoms with Gasteiger partial charge in [0.2, 0.25) is 11.1 Å². The van der Waals surface area contributed by atoms with E-state index in [1.54, 1.807) is 41.1 Å². The van der Waals surface area contributed by atoms with Gasteiger partial charge in [-0.3, -0.25) is 4.79 Å². The van der Waals surface area contributed by atoms with Crippen molar-refractivity contribution in [2.45, 2.75) is 11.6 Å². The average molecular weight is 394 g/mol. The van der Waals surface area contributed by atoms with Gasteiger partial charge in [-0.05, 0) is 52.9 Å². The maximum atomic E-state index is 12.0. The Hall–Kier alpha value is -2.09. The van der Waals surface area contributed by atoms with E-state index in [0.717, 1.165) is 5.69 Å². The molecular formula is C16H13Cl2N5OS. The van der Waals surface area contributed by atoms with E-state index < -0.39 is 0 Å². The van der Waals surface area contributed by atoms with Crippen LogP contribution in [0.1, 0.15) is 6.42 Å². The van der Waals surface area contributed by atoms with Crippen molar-refractivity contribution >= 4 is 46.6 Å². The van der Waals surface area contributed by atoms with Crippen LogP contribution in [-0.2, 0) is 4.79 Å². The second kappa shape index (κ2) is 8.33. The fourth-order valence-electron chi connectivity index (χ4n) is 2.04. The zero-order valence-electron chi connectivity index (χ0n) is 12.9. The molecule has 128 valence electrons. The van der Waals surface area contributed by atoms with Gasteiger partial charge in [0, 0.05) is 27.9 Å². The molecule has 1 amide bonds. The lowest BCUT2D eigenvalue weighted by atomic mass is 10.3. The van der Waals surface area contributed by atoms with Gasteiger partial charge in [-0.15, -0.1) is 5.10 Å². The number of tetrazole rings is 1. The van der Waals surface area contributed by atoms with Crippen LogP contribution < -0.4 is 5.32 Å². The van der Waals surface area contributed by atoms with Crippen molar-refractivity contribution in [1.29, 1.82) is 0 Å². The van der Waals surface area contributed by atoms with E-state index in [9.17, 15) is 4.79 Å². The van der Waals surface area contributed by atoms with Gasteiger partial charge in [0.25, 0.3) is 0 Å². The maximum Gasteiger partial charge on any atom is 0.225 e. The number of amides is 1. The van der Waals surface area contributed by atoms with E-state index in [1.165, 1.54) is 11.8 Å². The molecule has 1 N–H and O–H groups in total. The Labute approximate surface area is 158 Å². The molecule has 0 saturated heterocycles. The van der Waals surface area contributed by atoms with Gasteiger partial charge in [0.15, 0.2) is 0 Å². The highest BCUT2D eigenvalue weighted by Crippen LogP contribution is 2.21. The summed E-state index contributed by atoms with van der Waals surface area (Å²) < 4.78 is 1.61. The molecule has 9 heteroatoms. The van der Waals surface area contributed by atoms with Crippen molar-refractivity contribution < 1.29 is 4.79 Å². The molecule has 1 heterocycles. The highest BCUT2D eigenvalue weighted by Gasteiger charge is 2.10. The van der Waals surface area contributed by atoms with Gasteiger partial charge in [-0.2, -0.15) is 4.68 Å². The lowest BCUT2D eigenvalue weighted by molar-refractivity contribution is -0.115. The highest BCUT2D eigenvalue weighted by molar-refractivity contribution is 7.99. The van der Waals surface area contributed by atoms with Crippen molar-refractivity contribution in [3.8, 4) is 5.69 Å². The Kier molecular flexibility index (Phi) is 5.91. The topological polar surface area (TPSA) is 72.7 Å². The standard InChI is InChI=1S/C16H13Cl2N5OS/c17-11-4-6-14(7-5-11)23-16(20-21-22-23)25-9-8-15(24)19-13-3-1-2-12(18)10-13/h1-7,10H,8-9H2,(H,19,24). The first-order chi connectivity index (χ1) is 12.1. The van der Waals surface area contributed by atoms with E-state index in [0.29, 0.717) is 33.1 Å². The number of thioether (sulfide) groups is 1. The monoisotopic (exact) mass is 393 g/mol. The van der Waals surface area contributed by atoms with Crippen LogP contribution in [0.4, 0.5) is 5.69 Å². The molecule has 0 spiro atoms. The van der Waals surface area contributed by atoms with Crippen LogP contribution in [0.15, 0.2) is 53.7 Å². The molecule has 0 saturated carbocycles. The Morgan fingerprint density at radius 3 is 2.68 bits per heavy atom. The molecule has 3 aromatic rings. The quantitative estimate of drug-likeness (QED) is 0.638. The zero-order valence-corrected chi connectivity index (χ0v) is 15.2. The summed E-state index contributed by atoms with van der Waals surface area (Å²) >= 11 is 13.2. The summed E-state index contributed by atoms with van der Waals surface area (Å²) in [4.78, 5) is 12.0. The predicted molar refractivity (Wildman–Crippen MR) is 99.6 cm³/mol. The van der Waals surface area contributed by atoms with E-state index in [1.807, 2.05) is 12.1 Å². The molecule has 0 atom stereocenters. The van der Waals surface area contributed by atoms with Gasteiger partial charge < -0.3 is 5.32 Å². The predicted octanol–water partition coefficient (Wildman–Crippen LogP) is 4.09. The third-order valence-corrected chi connectivity index (χ3v) is 4.59. The number of rotatable bonds is 6. The molecule has 25 heavy (non-hydrogen) atoms. The van der Waals surface area contributed by atoms with E-state index in [4.69, 9.17) is 23.2 Å². The third kappa shape index (κ3) is 4.94. The summed E-state index contributed by atoms with van der Waals surface area (Å²) in [5, 5.41) is 16.3. The lowest BCUT2D eigenvalue weighted by Gasteiger charge is -2.06. The SMILES string of the molecule is O=C(CCSc1nnnn1-c1ccc(Cl)cc1)Nc1cccc(Cl)c1. The molecule has 0 fully saturated rings. The number of carbonyl (C=O) groups excluding carboxylic acids is 1. The smallest absolute Gasteiger partial charge is 0.225 e. The first-order valence-corrected chi connectivity index (χ1v) is 9.08. The fraction of sp³-hybridized carbons (Fsp3) is 0.125. The summed E-state index contributed by atoms with van der Waals surface area (Å²) in [5.74, 6) is 0.445. The van der Waals surface area contributed by atoms with Gasteiger partial charge in [-0.25, -0.2) is 0 Å². The van der Waals surface area contributed by atoms with Gasteiger partial charge in [0.05, 0.1) is 5.69 Å². The third-order valence-electron chi connectivity index (χ3n) is 3.18. The number of benzene rings is 2. The van der Waals surface area contributed by atoms with Crippen LogP contribution in [0.25, 0.3) is 5.69 Å². The largest absolute Gasteiger partial charge is 0.326 e. The summed E-state index contributed by atoms with van der Waals surface area (Å²) in [5.41, 5.74) is 1.48. The number of anilines is 1. The minimum atomic E-state index is -0.0970. The van der Waals surface area contributed by atoms with Crippen molar-refractivity contribution in [3.05, 3.63) is 58.6 Å². The lowest BCUT2D eigenvalue weighted by Crippen LogP contribution is -2.12. The van der Waals surface area contributed by atoms with Crippen LogP contribution in [0.3, 0.4) is 0 Å². The number of hydrogen-bond acceptors (Lipinski definition) is 5. The maximum absolute atomic E-state index is 12.0. The van der Waals surface area contributed by atoms with Crippen LogP contribution in [0, 0.1) is 0 Å². The first-order valence-electron chi connectivity index (χ1n) is 7.34. The number of carbonyl (C=O) groups is 1. The van der Waals surface area contributed by atoms with Crippen LogP contribution in [0.5, 0.6) is 0 Å². The number of hydrogen-bond donors (Lipinski definition) is 1.